The van der Waals surface area contributed by atoms with Gasteiger partial charge in [-0.25, -0.2) is 0 Å². The molecule has 0 aliphatic heterocycles. The van der Waals surface area contributed by atoms with Crippen LogP contribution in [0.2, 0.25) is 0 Å². The monoisotopic (exact) mass is 250 g/mol. The van der Waals surface area contributed by atoms with Crippen LogP contribution in [0.25, 0.3) is 0 Å². The van der Waals surface area contributed by atoms with Gasteiger partial charge < -0.3 is 15.4 Å². The van der Waals surface area contributed by atoms with Crippen LogP contribution in [-0.4, -0.2) is 25.6 Å². The Balaban J connectivity index is 2.84. The summed E-state index contributed by atoms with van der Waals surface area (Å²) in [6, 6.07) is 7.23. The third kappa shape index (κ3) is 4.04. The zero-order chi connectivity index (χ0) is 13.8. The summed E-state index contributed by atoms with van der Waals surface area (Å²) in [5.41, 5.74) is 0.697. The zero-order valence-corrected chi connectivity index (χ0v) is 11.7. The number of hydrogen-bond acceptors (Lipinski definition) is 3. The maximum atomic E-state index is 11.7. The first-order valence-corrected chi connectivity index (χ1v) is 6.05. The first kappa shape index (κ1) is 14.5. The summed E-state index contributed by atoms with van der Waals surface area (Å²) in [6.07, 6.45) is 0. The van der Waals surface area contributed by atoms with Gasteiger partial charge in [0.25, 0.3) is 0 Å². The van der Waals surface area contributed by atoms with E-state index in [-0.39, 0.29) is 17.6 Å². The van der Waals surface area contributed by atoms with E-state index in [1.54, 1.807) is 14.1 Å². The zero-order valence-electron chi connectivity index (χ0n) is 11.7. The van der Waals surface area contributed by atoms with E-state index in [0.29, 0.717) is 0 Å². The quantitative estimate of drug-likeness (QED) is 0.857. The first-order chi connectivity index (χ1) is 8.37. The van der Waals surface area contributed by atoms with Crippen molar-refractivity contribution in [1.82, 2.24) is 10.6 Å². The van der Waals surface area contributed by atoms with Crippen LogP contribution in [0.4, 0.5) is 0 Å². The van der Waals surface area contributed by atoms with E-state index in [9.17, 15) is 4.79 Å². The molecule has 1 amide bonds. The van der Waals surface area contributed by atoms with Crippen LogP contribution >= 0.6 is 0 Å². The average molecular weight is 250 g/mol. The van der Waals surface area contributed by atoms with Gasteiger partial charge in [0.1, 0.15) is 17.4 Å². The van der Waals surface area contributed by atoms with Crippen LogP contribution in [0.15, 0.2) is 24.3 Å². The second kappa shape index (κ2) is 5.87. The van der Waals surface area contributed by atoms with Gasteiger partial charge in [0.15, 0.2) is 0 Å². The van der Waals surface area contributed by atoms with Crippen molar-refractivity contribution in [3.63, 3.8) is 0 Å². The minimum atomic E-state index is -0.335. The molecule has 1 aromatic rings. The van der Waals surface area contributed by atoms with Crippen molar-refractivity contribution in [3.05, 3.63) is 29.8 Å². The predicted octanol–water partition coefficient (Wildman–Crippen LogP) is 1.87. The fourth-order valence-corrected chi connectivity index (χ4v) is 1.68. The second-order valence-electron chi connectivity index (χ2n) is 5.12. The lowest BCUT2D eigenvalue weighted by atomic mass is 10.1. The number of rotatable bonds is 4. The lowest BCUT2D eigenvalue weighted by Gasteiger charge is -2.22. The van der Waals surface area contributed by atoms with Crippen molar-refractivity contribution >= 4 is 5.91 Å². The topological polar surface area (TPSA) is 50.4 Å². The Bertz CT molecular complexity index is 393. The molecule has 4 heteroatoms. The minimum absolute atomic E-state index is 0.0537. The summed E-state index contributed by atoms with van der Waals surface area (Å²) >= 11 is 0. The van der Waals surface area contributed by atoms with Crippen molar-refractivity contribution in [3.8, 4) is 5.75 Å². The Labute approximate surface area is 109 Å². The number of amides is 1. The lowest BCUT2D eigenvalue weighted by molar-refractivity contribution is -0.122. The van der Waals surface area contributed by atoms with Crippen LogP contribution in [-0.2, 0) is 4.79 Å². The van der Waals surface area contributed by atoms with Crippen molar-refractivity contribution < 1.29 is 9.53 Å². The Morgan fingerprint density at radius 2 is 1.72 bits per heavy atom. The molecule has 0 aliphatic rings. The molecular weight excluding hydrogens is 228 g/mol. The Kier molecular flexibility index (Phi) is 4.73. The molecule has 4 nitrogen and oxygen atoms in total. The smallest absolute Gasteiger partial charge is 0.241 e. The van der Waals surface area contributed by atoms with Crippen molar-refractivity contribution in [2.75, 3.05) is 14.1 Å². The maximum Gasteiger partial charge on any atom is 0.241 e. The third-order valence-corrected chi connectivity index (χ3v) is 2.43. The highest BCUT2D eigenvalue weighted by Gasteiger charge is 2.17. The normalized spacial score (nSPS) is 12.9. The number of carbonyl (C=O) groups excluding carboxylic acids is 1. The molecule has 0 fully saturated rings. The summed E-state index contributed by atoms with van der Waals surface area (Å²) in [4.78, 5) is 11.7. The second-order valence-corrected chi connectivity index (χ2v) is 5.12. The molecule has 0 spiro atoms. The summed E-state index contributed by atoms with van der Waals surface area (Å²) in [5, 5.41) is 5.62. The van der Waals surface area contributed by atoms with Gasteiger partial charge in [0.2, 0.25) is 5.91 Å². The molecule has 100 valence electrons. The number of likely N-dealkylation sites (N-methyl/N-ethyl adjacent to an activating group) is 2. The van der Waals surface area contributed by atoms with Gasteiger partial charge in [-0.1, -0.05) is 12.1 Å². The van der Waals surface area contributed by atoms with Gasteiger partial charge >= 0.3 is 0 Å². The van der Waals surface area contributed by atoms with E-state index in [1.165, 1.54) is 0 Å². The van der Waals surface area contributed by atoms with Crippen molar-refractivity contribution in [1.29, 1.82) is 0 Å². The van der Waals surface area contributed by atoms with Gasteiger partial charge in [0, 0.05) is 7.05 Å². The van der Waals surface area contributed by atoms with Gasteiger partial charge in [-0.15, -0.1) is 0 Å². The molecule has 0 heterocycles. The van der Waals surface area contributed by atoms with Gasteiger partial charge in [-0.05, 0) is 45.5 Å². The fraction of sp³-hybridized carbons (Fsp3) is 0.500. The molecule has 0 saturated heterocycles. The predicted molar refractivity (Wildman–Crippen MR) is 72.7 cm³/mol. The number of hydrogen-bond donors (Lipinski definition) is 2. The average Bonchev–Trinajstić information content (AvgIpc) is 2.30. The van der Waals surface area contributed by atoms with Crippen molar-refractivity contribution in [2.24, 2.45) is 0 Å². The van der Waals surface area contributed by atoms with Gasteiger partial charge in [0.05, 0.1) is 0 Å². The summed E-state index contributed by atoms with van der Waals surface area (Å²) in [6.45, 7) is 6.01. The standard InChI is InChI=1S/C14H22N2O2/c1-14(2,3)18-11-8-6-10(7-9-11)12(15-4)13(17)16-5/h6-9,12,15H,1-5H3,(H,16,17). The molecular formula is C14H22N2O2. The number of nitrogens with one attached hydrogen (secondary N) is 2. The fourth-order valence-electron chi connectivity index (χ4n) is 1.68. The lowest BCUT2D eigenvalue weighted by Crippen LogP contribution is -2.33. The van der Waals surface area contributed by atoms with Crippen LogP contribution in [0.3, 0.4) is 0 Å². The molecule has 2 N–H and O–H groups in total. The van der Waals surface area contributed by atoms with E-state index < -0.39 is 0 Å². The molecule has 1 rings (SSSR count). The van der Waals surface area contributed by atoms with Crippen molar-refractivity contribution in [2.45, 2.75) is 32.4 Å². The van der Waals surface area contributed by atoms with E-state index in [2.05, 4.69) is 10.6 Å². The van der Waals surface area contributed by atoms with E-state index in [1.807, 2.05) is 45.0 Å². The third-order valence-electron chi connectivity index (χ3n) is 2.43. The van der Waals surface area contributed by atoms with E-state index >= 15 is 0 Å². The van der Waals surface area contributed by atoms with E-state index in [0.717, 1.165) is 11.3 Å². The molecule has 1 atom stereocenters. The Morgan fingerprint density at radius 3 is 2.11 bits per heavy atom. The highest BCUT2D eigenvalue weighted by atomic mass is 16.5. The maximum absolute atomic E-state index is 11.7. The molecule has 0 bridgehead atoms. The summed E-state index contributed by atoms with van der Waals surface area (Å²) in [5.74, 6) is 0.750. The summed E-state index contributed by atoms with van der Waals surface area (Å²) < 4.78 is 5.74. The highest BCUT2D eigenvalue weighted by Crippen LogP contribution is 2.21. The van der Waals surface area contributed by atoms with Gasteiger partial charge in [-0.2, -0.15) is 0 Å². The first-order valence-electron chi connectivity index (χ1n) is 6.05. The van der Waals surface area contributed by atoms with Crippen LogP contribution < -0.4 is 15.4 Å². The van der Waals surface area contributed by atoms with Crippen LogP contribution in [0.5, 0.6) is 5.75 Å². The molecule has 0 radical (unpaired) electrons. The molecule has 18 heavy (non-hydrogen) atoms. The highest BCUT2D eigenvalue weighted by molar-refractivity contribution is 5.82. The number of ether oxygens (including phenoxy) is 1. The molecule has 0 aliphatic carbocycles. The van der Waals surface area contributed by atoms with Crippen LogP contribution in [0.1, 0.15) is 32.4 Å². The van der Waals surface area contributed by atoms with Gasteiger partial charge in [-0.3, -0.25) is 4.79 Å². The SMILES string of the molecule is CNC(=O)C(NC)c1ccc(OC(C)(C)C)cc1. The molecule has 1 aromatic carbocycles. The largest absolute Gasteiger partial charge is 0.488 e. The van der Waals surface area contributed by atoms with E-state index in [4.69, 9.17) is 4.74 Å². The Hall–Kier alpha value is -1.55. The molecule has 1 unspecified atom stereocenters. The molecule has 0 aromatic heterocycles. The van der Waals surface area contributed by atoms with Crippen LogP contribution in [0, 0.1) is 0 Å². The number of carbonyl (C=O) groups is 1. The molecule has 0 saturated carbocycles. The minimum Gasteiger partial charge on any atom is -0.488 e. The number of benzene rings is 1. The Morgan fingerprint density at radius 1 is 1.17 bits per heavy atom. The summed E-state index contributed by atoms with van der Waals surface area (Å²) in [7, 11) is 3.39.